The highest BCUT2D eigenvalue weighted by Gasteiger charge is 2.03. The molecule has 0 saturated heterocycles. The Balaban J connectivity index is 3.11. The molecule has 70 valence electrons. The Hall–Kier alpha value is -0.890. The molecule has 0 fully saturated rings. The zero-order valence-electron chi connectivity index (χ0n) is 8.35. The number of aryl methyl sites for hydroxylation is 1. The van der Waals surface area contributed by atoms with Gasteiger partial charge in [0.25, 0.3) is 0 Å². The van der Waals surface area contributed by atoms with Crippen molar-refractivity contribution in [1.29, 1.82) is 0 Å². The third kappa shape index (κ3) is 2.28. The lowest BCUT2D eigenvalue weighted by Crippen LogP contribution is -1.77. The molecular weight excluding hydrogens is 178 g/mol. The molecule has 0 amide bonds. The average molecular weight is 193 g/mol. The van der Waals surface area contributed by atoms with Gasteiger partial charge >= 0.3 is 0 Å². The van der Waals surface area contributed by atoms with Gasteiger partial charge in [0.15, 0.2) is 0 Å². The van der Waals surface area contributed by atoms with Crippen LogP contribution in [0.3, 0.4) is 0 Å². The standard InChI is InChI=1S/C11H15NS/c1-5-8(2)6-10-9(3)12-7-11(10)13-4/h5-7,12H,1H2,2-4H3/b8-6-. The molecule has 0 unspecified atom stereocenters. The highest BCUT2D eigenvalue weighted by atomic mass is 32.2. The smallest absolute Gasteiger partial charge is 0.0319 e. The Morgan fingerprint density at radius 1 is 1.62 bits per heavy atom. The van der Waals surface area contributed by atoms with Crippen LogP contribution in [-0.4, -0.2) is 11.2 Å². The molecule has 0 aliphatic carbocycles. The number of aromatic nitrogens is 1. The van der Waals surface area contributed by atoms with Gasteiger partial charge in [0.2, 0.25) is 0 Å². The molecule has 0 atom stereocenters. The Morgan fingerprint density at radius 2 is 2.31 bits per heavy atom. The Labute approximate surface area is 83.9 Å². The summed E-state index contributed by atoms with van der Waals surface area (Å²) in [7, 11) is 0. The minimum atomic E-state index is 1.19. The molecule has 1 aromatic rings. The first kappa shape index (κ1) is 10.2. The highest BCUT2D eigenvalue weighted by Crippen LogP contribution is 2.25. The van der Waals surface area contributed by atoms with Crippen LogP contribution in [0.5, 0.6) is 0 Å². The van der Waals surface area contributed by atoms with Gasteiger partial charge in [-0.3, -0.25) is 0 Å². The molecule has 1 heterocycles. The molecule has 1 nitrogen and oxygen atoms in total. The number of H-pyrrole nitrogens is 1. The quantitative estimate of drug-likeness (QED) is 0.572. The first-order valence-electron chi connectivity index (χ1n) is 4.21. The zero-order chi connectivity index (χ0) is 9.84. The fraction of sp³-hybridized carbons (Fsp3) is 0.273. The fourth-order valence-electron chi connectivity index (χ4n) is 1.15. The van der Waals surface area contributed by atoms with E-state index >= 15 is 0 Å². The lowest BCUT2D eigenvalue weighted by atomic mass is 10.1. The number of aromatic amines is 1. The van der Waals surface area contributed by atoms with Crippen molar-refractivity contribution in [3.8, 4) is 0 Å². The molecule has 1 aromatic heterocycles. The topological polar surface area (TPSA) is 15.8 Å². The van der Waals surface area contributed by atoms with Gasteiger partial charge in [-0.25, -0.2) is 0 Å². The maximum absolute atomic E-state index is 3.74. The molecular formula is C11H15NS. The van der Waals surface area contributed by atoms with Crippen molar-refractivity contribution in [3.63, 3.8) is 0 Å². The summed E-state index contributed by atoms with van der Waals surface area (Å²) < 4.78 is 0. The predicted molar refractivity (Wildman–Crippen MR) is 61.2 cm³/mol. The van der Waals surface area contributed by atoms with E-state index in [-0.39, 0.29) is 0 Å². The molecule has 0 radical (unpaired) electrons. The summed E-state index contributed by atoms with van der Waals surface area (Å²) in [5, 5.41) is 0. The summed E-state index contributed by atoms with van der Waals surface area (Å²) in [6.45, 7) is 7.89. The lowest BCUT2D eigenvalue weighted by molar-refractivity contribution is 1.26. The summed E-state index contributed by atoms with van der Waals surface area (Å²) in [4.78, 5) is 4.51. The second kappa shape index (κ2) is 4.38. The van der Waals surface area contributed by atoms with Gasteiger partial charge in [-0.15, -0.1) is 11.8 Å². The van der Waals surface area contributed by atoms with Gasteiger partial charge in [-0.1, -0.05) is 18.2 Å². The summed E-state index contributed by atoms with van der Waals surface area (Å²) >= 11 is 1.76. The number of hydrogen-bond donors (Lipinski definition) is 1. The van der Waals surface area contributed by atoms with E-state index in [1.54, 1.807) is 11.8 Å². The summed E-state index contributed by atoms with van der Waals surface area (Å²) in [5.74, 6) is 0. The Bertz CT molecular complexity index is 334. The minimum Gasteiger partial charge on any atom is -0.364 e. The molecule has 0 saturated carbocycles. The van der Waals surface area contributed by atoms with Crippen LogP contribution in [0.15, 0.2) is 29.3 Å². The van der Waals surface area contributed by atoms with Crippen molar-refractivity contribution in [3.05, 3.63) is 35.7 Å². The van der Waals surface area contributed by atoms with E-state index in [0.29, 0.717) is 0 Å². The van der Waals surface area contributed by atoms with E-state index in [0.717, 1.165) is 0 Å². The molecule has 0 aliphatic rings. The maximum atomic E-state index is 3.74. The minimum absolute atomic E-state index is 1.19. The van der Waals surface area contributed by atoms with Gasteiger partial charge in [-0.2, -0.15) is 0 Å². The maximum Gasteiger partial charge on any atom is 0.0319 e. The lowest BCUT2D eigenvalue weighted by Gasteiger charge is -1.97. The van der Waals surface area contributed by atoms with Crippen LogP contribution in [0.2, 0.25) is 0 Å². The van der Waals surface area contributed by atoms with Crippen molar-refractivity contribution in [2.45, 2.75) is 18.7 Å². The summed E-state index contributed by atoms with van der Waals surface area (Å²) in [6, 6.07) is 0. The number of rotatable bonds is 3. The number of allylic oxidation sites excluding steroid dienone is 2. The van der Waals surface area contributed by atoms with Crippen LogP contribution < -0.4 is 0 Å². The van der Waals surface area contributed by atoms with Gasteiger partial charge in [0, 0.05) is 22.3 Å². The number of nitrogens with one attached hydrogen (secondary N) is 1. The van der Waals surface area contributed by atoms with E-state index in [2.05, 4.69) is 37.7 Å². The summed E-state index contributed by atoms with van der Waals surface area (Å²) in [5.41, 5.74) is 3.69. The van der Waals surface area contributed by atoms with E-state index in [1.165, 1.54) is 21.7 Å². The number of thioether (sulfide) groups is 1. The molecule has 2 heteroatoms. The average Bonchev–Trinajstić information content (AvgIpc) is 2.48. The molecule has 0 aliphatic heterocycles. The van der Waals surface area contributed by atoms with Crippen LogP contribution in [0, 0.1) is 6.92 Å². The Kier molecular flexibility index (Phi) is 3.43. The van der Waals surface area contributed by atoms with Crippen LogP contribution in [0.1, 0.15) is 18.2 Å². The monoisotopic (exact) mass is 193 g/mol. The second-order valence-electron chi connectivity index (χ2n) is 2.99. The third-order valence-corrected chi connectivity index (χ3v) is 2.78. The molecule has 0 spiro atoms. The molecule has 13 heavy (non-hydrogen) atoms. The highest BCUT2D eigenvalue weighted by molar-refractivity contribution is 7.98. The third-order valence-electron chi connectivity index (χ3n) is 2.00. The largest absolute Gasteiger partial charge is 0.364 e. The van der Waals surface area contributed by atoms with Gasteiger partial charge in [0.1, 0.15) is 0 Å². The van der Waals surface area contributed by atoms with Crippen LogP contribution in [0.25, 0.3) is 6.08 Å². The van der Waals surface area contributed by atoms with Crippen LogP contribution >= 0.6 is 11.8 Å². The van der Waals surface area contributed by atoms with Gasteiger partial charge in [0.05, 0.1) is 0 Å². The SMILES string of the molecule is C=C/C(C)=C\c1c(SC)c[nH]c1C. The van der Waals surface area contributed by atoms with E-state index in [4.69, 9.17) is 0 Å². The van der Waals surface area contributed by atoms with Crippen LogP contribution in [0.4, 0.5) is 0 Å². The van der Waals surface area contributed by atoms with E-state index in [9.17, 15) is 0 Å². The van der Waals surface area contributed by atoms with E-state index in [1.807, 2.05) is 12.3 Å². The number of hydrogen-bond acceptors (Lipinski definition) is 1. The van der Waals surface area contributed by atoms with Crippen molar-refractivity contribution in [2.24, 2.45) is 0 Å². The first-order valence-corrected chi connectivity index (χ1v) is 5.44. The van der Waals surface area contributed by atoms with E-state index < -0.39 is 0 Å². The first-order chi connectivity index (χ1) is 6.19. The molecule has 1 rings (SSSR count). The van der Waals surface area contributed by atoms with Crippen LogP contribution in [-0.2, 0) is 0 Å². The van der Waals surface area contributed by atoms with Gasteiger partial charge < -0.3 is 4.98 Å². The molecule has 1 N–H and O–H groups in total. The van der Waals surface area contributed by atoms with Crippen molar-refractivity contribution >= 4 is 17.8 Å². The van der Waals surface area contributed by atoms with Crippen molar-refractivity contribution < 1.29 is 0 Å². The Morgan fingerprint density at radius 3 is 2.85 bits per heavy atom. The molecule has 0 aromatic carbocycles. The fourth-order valence-corrected chi connectivity index (χ4v) is 1.76. The normalized spacial score (nSPS) is 11.8. The molecule has 0 bridgehead atoms. The summed E-state index contributed by atoms with van der Waals surface area (Å²) in [6.07, 6.45) is 8.16. The van der Waals surface area contributed by atoms with Crippen molar-refractivity contribution in [2.75, 3.05) is 6.26 Å². The van der Waals surface area contributed by atoms with Gasteiger partial charge in [-0.05, 0) is 26.2 Å². The second-order valence-corrected chi connectivity index (χ2v) is 3.84. The van der Waals surface area contributed by atoms with Crippen molar-refractivity contribution in [1.82, 2.24) is 4.98 Å². The zero-order valence-corrected chi connectivity index (χ0v) is 9.16. The predicted octanol–water partition coefficient (Wildman–Crippen LogP) is 3.63.